The second kappa shape index (κ2) is 22.2. The molecule has 358 valence electrons. The summed E-state index contributed by atoms with van der Waals surface area (Å²) in [4.78, 5) is 6.11. The molecule has 67 heavy (non-hydrogen) atoms. The van der Waals surface area contributed by atoms with E-state index in [0.29, 0.717) is 48.4 Å². The van der Waals surface area contributed by atoms with Crippen molar-refractivity contribution < 1.29 is 31.1 Å². The first-order chi connectivity index (χ1) is 31.8. The third kappa shape index (κ3) is 12.9. The van der Waals surface area contributed by atoms with Crippen molar-refractivity contribution in [3.8, 4) is 22.4 Å². The number of nitrogens with one attached hydrogen (secondary N) is 3. The first-order valence-electron chi connectivity index (χ1n) is 22.9. The van der Waals surface area contributed by atoms with Crippen molar-refractivity contribution >= 4 is 23.9 Å². The van der Waals surface area contributed by atoms with Crippen LogP contribution in [0.1, 0.15) is 98.7 Å². The Kier molecular flexibility index (Phi) is 16.7. The monoisotopic (exact) mass is 927 g/mol. The number of nitrogens with zero attached hydrogens (tertiary/aromatic N) is 4. The smallest absolute Gasteiger partial charge is 0.388 e. The Balaban J connectivity index is 0.880. The van der Waals surface area contributed by atoms with Crippen LogP contribution in [0.2, 0.25) is 0 Å². The minimum absolute atomic E-state index is 0.0360. The largest absolute Gasteiger partial charge is 0.432 e. The Morgan fingerprint density at radius 3 is 2.39 bits per heavy atom. The third-order valence-electron chi connectivity index (χ3n) is 12.5. The fraction of sp³-hybridized carbons (Fsp3) is 0.396. The highest BCUT2D eigenvalue weighted by atomic mass is 19.4. The average molecular weight is 928 g/mol. The second-order valence-corrected chi connectivity index (χ2v) is 17.7. The quantitative estimate of drug-likeness (QED) is 0.0474. The van der Waals surface area contributed by atoms with E-state index in [1.807, 2.05) is 5.10 Å². The van der Waals surface area contributed by atoms with Gasteiger partial charge in [-0.3, -0.25) is 10.1 Å². The van der Waals surface area contributed by atoms with Crippen LogP contribution < -0.4 is 21.3 Å². The number of rotatable bonds is 22. The number of pyridine rings is 1. The van der Waals surface area contributed by atoms with Gasteiger partial charge in [-0.05, 0) is 125 Å². The highest BCUT2D eigenvalue weighted by Crippen LogP contribution is 2.38. The zero-order valence-corrected chi connectivity index (χ0v) is 39.0. The molecule has 1 saturated heterocycles. The number of piperidine rings is 1. The summed E-state index contributed by atoms with van der Waals surface area (Å²) in [6.07, 6.45) is 4.81. The van der Waals surface area contributed by atoms with E-state index >= 15 is 0 Å². The van der Waals surface area contributed by atoms with E-state index < -0.39 is 23.6 Å². The Morgan fingerprint density at radius 1 is 0.910 bits per heavy atom. The van der Waals surface area contributed by atoms with E-state index in [-0.39, 0.29) is 17.3 Å². The van der Waals surface area contributed by atoms with Crippen LogP contribution in [0.15, 0.2) is 103 Å². The van der Waals surface area contributed by atoms with Crippen molar-refractivity contribution in [3.63, 3.8) is 0 Å². The SMILES string of the molecule is C=C(CCCCOCCCCCN(C)/C=C(\C)CCc1cccc2c(=C)n(C3CCC(=C)NC3=C)c(=C)c12)NCCc1ccc(-c2cc(C(F)(F)F)[nH]n2)c(C)c1-c1cncc(C(F)(F)F)c1. The number of fused-ring (bicyclic) bond motifs is 1. The van der Waals surface area contributed by atoms with Crippen molar-refractivity contribution in [3.05, 3.63) is 142 Å². The molecule has 0 radical (unpaired) electrons. The Hall–Kier alpha value is -6.02. The molecule has 6 rings (SSSR count). The van der Waals surface area contributed by atoms with Gasteiger partial charge in [-0.25, -0.2) is 0 Å². The number of aromatic nitrogens is 4. The lowest BCUT2D eigenvalue weighted by atomic mass is 9.89. The molecule has 0 aliphatic carbocycles. The first-order valence-corrected chi connectivity index (χ1v) is 22.9. The summed E-state index contributed by atoms with van der Waals surface area (Å²) >= 11 is 0. The number of halogens is 6. The molecule has 0 amide bonds. The molecule has 1 atom stereocenters. The molecule has 5 aromatic rings. The standard InChI is InChI=1S/C53H63F6N7O/c1-34(18-20-41-16-14-17-46-39(6)66(40(7)51(41)46)48-23-19-36(3)62-38(48)5)33-65(8)26-11-9-12-27-67-28-13-10-15-35(2)61-25-24-42-21-22-45(47-30-49(64-63-47)53(57,58)59)37(4)50(42)43-29-44(32-60-31-43)52(54,55)56/h14,16-17,21-22,29-33,48,61-62H,2-3,5-7,9-13,15,18-20,23-28H2,1,4,8H3,(H,63,64)/b34-33+. The number of unbranched alkanes of at least 4 members (excludes halogenated alkanes) is 3. The van der Waals surface area contributed by atoms with Gasteiger partial charge < -0.3 is 24.8 Å². The second-order valence-electron chi connectivity index (χ2n) is 17.7. The van der Waals surface area contributed by atoms with E-state index in [1.54, 1.807) is 19.1 Å². The van der Waals surface area contributed by atoms with E-state index in [0.717, 1.165) is 122 Å². The van der Waals surface area contributed by atoms with Crippen LogP contribution in [0.4, 0.5) is 26.3 Å². The number of hydrogen-bond donors (Lipinski definition) is 3. The van der Waals surface area contributed by atoms with Crippen LogP contribution in [0, 0.1) is 6.92 Å². The topological polar surface area (TPSA) is 83.0 Å². The maximum atomic E-state index is 13.7. The van der Waals surface area contributed by atoms with Gasteiger partial charge in [0, 0.05) is 95.4 Å². The Morgan fingerprint density at radius 2 is 1.67 bits per heavy atom. The van der Waals surface area contributed by atoms with Crippen LogP contribution >= 0.6 is 0 Å². The number of hydrogen-bond acceptors (Lipinski definition) is 6. The summed E-state index contributed by atoms with van der Waals surface area (Å²) in [6.45, 7) is 28.1. The molecule has 0 bridgehead atoms. The lowest BCUT2D eigenvalue weighted by Crippen LogP contribution is -2.36. The van der Waals surface area contributed by atoms with Crippen LogP contribution in [0.5, 0.6) is 0 Å². The van der Waals surface area contributed by atoms with Crippen LogP contribution in [0.3, 0.4) is 0 Å². The Labute approximate surface area is 389 Å². The fourth-order valence-electron chi connectivity index (χ4n) is 9.00. The number of benzene rings is 2. The number of aryl methyl sites for hydroxylation is 1. The predicted octanol–water partition coefficient (Wildman–Crippen LogP) is 11.7. The molecule has 3 N–H and O–H groups in total. The summed E-state index contributed by atoms with van der Waals surface area (Å²) in [7, 11) is 2.13. The zero-order valence-electron chi connectivity index (χ0n) is 39.0. The third-order valence-corrected chi connectivity index (χ3v) is 12.5. The number of allylic oxidation sites excluding steroid dienone is 4. The summed E-state index contributed by atoms with van der Waals surface area (Å²) < 4.78 is 89.1. The first kappa shape index (κ1) is 50.4. The molecular weight excluding hydrogens is 865 g/mol. The van der Waals surface area contributed by atoms with Crippen molar-refractivity contribution in [2.75, 3.05) is 33.4 Å². The highest BCUT2D eigenvalue weighted by Gasteiger charge is 2.34. The molecule has 1 aliphatic rings. The maximum Gasteiger partial charge on any atom is 0.432 e. The zero-order chi connectivity index (χ0) is 48.5. The van der Waals surface area contributed by atoms with Gasteiger partial charge in [-0.2, -0.15) is 31.4 Å². The van der Waals surface area contributed by atoms with E-state index in [9.17, 15) is 26.3 Å². The fourth-order valence-corrected chi connectivity index (χ4v) is 9.00. The number of H-pyrrole nitrogens is 1. The molecule has 1 unspecified atom stereocenters. The lowest BCUT2D eigenvalue weighted by molar-refractivity contribution is -0.141. The van der Waals surface area contributed by atoms with Crippen molar-refractivity contribution in [2.24, 2.45) is 0 Å². The molecule has 3 aromatic heterocycles. The molecule has 4 heterocycles. The summed E-state index contributed by atoms with van der Waals surface area (Å²) in [6, 6.07) is 11.8. The molecular formula is C53H63F6N7O. The van der Waals surface area contributed by atoms with Gasteiger partial charge in [0.25, 0.3) is 0 Å². The van der Waals surface area contributed by atoms with Gasteiger partial charge in [0.15, 0.2) is 0 Å². The minimum atomic E-state index is -4.63. The molecule has 0 spiro atoms. The molecule has 14 heteroatoms. The minimum Gasteiger partial charge on any atom is -0.388 e. The van der Waals surface area contributed by atoms with Gasteiger partial charge in [0.2, 0.25) is 0 Å². The predicted molar refractivity (Wildman–Crippen MR) is 258 cm³/mol. The van der Waals surface area contributed by atoms with Gasteiger partial charge in [-0.1, -0.05) is 68.8 Å². The van der Waals surface area contributed by atoms with Gasteiger partial charge >= 0.3 is 12.4 Å². The highest BCUT2D eigenvalue weighted by molar-refractivity contribution is 5.87. The normalized spacial score (nSPS) is 14.8. The van der Waals surface area contributed by atoms with Crippen molar-refractivity contribution in [1.82, 2.24) is 35.3 Å². The maximum absolute atomic E-state index is 13.7. The van der Waals surface area contributed by atoms with Crippen molar-refractivity contribution in [1.29, 1.82) is 0 Å². The van der Waals surface area contributed by atoms with Crippen LogP contribution in [-0.4, -0.2) is 58.0 Å². The van der Waals surface area contributed by atoms with E-state index in [4.69, 9.17) is 4.74 Å². The van der Waals surface area contributed by atoms with E-state index in [1.165, 1.54) is 22.7 Å². The van der Waals surface area contributed by atoms with Gasteiger partial charge in [0.05, 0.1) is 17.3 Å². The summed E-state index contributed by atoms with van der Waals surface area (Å²) in [5.41, 5.74) is 5.72. The molecule has 1 aliphatic heterocycles. The lowest BCUT2D eigenvalue weighted by Gasteiger charge is -2.29. The molecule has 0 saturated carbocycles. The Bertz CT molecular complexity index is 2690. The van der Waals surface area contributed by atoms with Crippen LogP contribution in [-0.2, 0) is 29.9 Å². The number of ether oxygens (including phenoxy) is 1. The summed E-state index contributed by atoms with van der Waals surface area (Å²) in [5, 5.41) is 16.8. The molecule has 1 fully saturated rings. The molecule has 2 aromatic carbocycles. The number of aromatic amines is 1. The van der Waals surface area contributed by atoms with Gasteiger partial charge in [0.1, 0.15) is 5.69 Å². The van der Waals surface area contributed by atoms with Gasteiger partial charge in [-0.15, -0.1) is 0 Å². The van der Waals surface area contributed by atoms with Crippen LogP contribution in [0.25, 0.3) is 46.3 Å². The number of alkyl halides is 6. The molecule has 8 nitrogen and oxygen atoms in total. The average Bonchev–Trinajstić information content (AvgIpc) is 3.87. The van der Waals surface area contributed by atoms with Crippen molar-refractivity contribution in [2.45, 2.75) is 103 Å². The summed E-state index contributed by atoms with van der Waals surface area (Å²) in [5.74, 6) is 0. The van der Waals surface area contributed by atoms with E-state index in [2.05, 4.69) is 101 Å².